The van der Waals surface area contributed by atoms with E-state index in [0.717, 1.165) is 16.5 Å². The zero-order chi connectivity index (χ0) is 30.1. The third-order valence-corrected chi connectivity index (χ3v) is 7.27. The number of rotatable bonds is 7. The van der Waals surface area contributed by atoms with Gasteiger partial charge in [-0.3, -0.25) is 14.9 Å². The van der Waals surface area contributed by atoms with Crippen LogP contribution in [0.2, 0.25) is 5.02 Å². The van der Waals surface area contributed by atoms with Crippen LogP contribution in [0.15, 0.2) is 30.3 Å². The van der Waals surface area contributed by atoms with Gasteiger partial charge < -0.3 is 24.5 Å². The van der Waals surface area contributed by atoms with Crippen LogP contribution in [-0.2, 0) is 36.6 Å². The van der Waals surface area contributed by atoms with E-state index in [1.54, 1.807) is 52.0 Å². The summed E-state index contributed by atoms with van der Waals surface area (Å²) in [5.74, 6) is -2.17. The molecule has 4 rings (SSSR count). The molecule has 3 N–H and O–H groups in total. The van der Waals surface area contributed by atoms with Gasteiger partial charge in [0.2, 0.25) is 5.91 Å². The summed E-state index contributed by atoms with van der Waals surface area (Å²) in [6.07, 6.45) is 0.521. The number of methoxy groups -OCH3 is 2. The Morgan fingerprint density at radius 2 is 1.80 bits per heavy atom. The summed E-state index contributed by atoms with van der Waals surface area (Å²) in [6, 6.07) is 8.45. The molecular weight excluding hydrogens is 550 g/mol. The maximum absolute atomic E-state index is 13.6. The predicted octanol–water partition coefficient (Wildman–Crippen LogP) is 5.98. The third-order valence-electron chi connectivity index (χ3n) is 7.06. The maximum atomic E-state index is 13.6. The van der Waals surface area contributed by atoms with E-state index in [1.165, 1.54) is 14.2 Å². The van der Waals surface area contributed by atoms with Gasteiger partial charge in [-0.25, -0.2) is 9.59 Å². The minimum absolute atomic E-state index is 0.132. The fourth-order valence-electron chi connectivity index (χ4n) is 5.21. The monoisotopic (exact) mass is 583 g/mol. The first-order chi connectivity index (χ1) is 19.3. The predicted molar refractivity (Wildman–Crippen MR) is 156 cm³/mol. The van der Waals surface area contributed by atoms with Crippen LogP contribution >= 0.6 is 11.6 Å². The molecule has 0 saturated carbocycles. The first-order valence-electron chi connectivity index (χ1n) is 13.2. The van der Waals surface area contributed by atoms with Crippen LogP contribution in [0.1, 0.15) is 67.2 Å². The highest BCUT2D eigenvalue weighted by Gasteiger charge is 2.36. The Balaban J connectivity index is 1.63. The molecule has 2 aromatic carbocycles. The van der Waals surface area contributed by atoms with Crippen LogP contribution in [-0.4, -0.2) is 48.7 Å². The van der Waals surface area contributed by atoms with Crippen LogP contribution in [0.25, 0.3) is 10.9 Å². The summed E-state index contributed by atoms with van der Waals surface area (Å²) < 4.78 is 15.2. The van der Waals surface area contributed by atoms with E-state index in [-0.39, 0.29) is 18.2 Å². The Morgan fingerprint density at radius 3 is 2.46 bits per heavy atom. The van der Waals surface area contributed by atoms with E-state index in [9.17, 15) is 19.2 Å². The van der Waals surface area contributed by atoms with Gasteiger partial charge in [-0.1, -0.05) is 18.5 Å². The zero-order valence-electron chi connectivity index (χ0n) is 23.9. The van der Waals surface area contributed by atoms with Gasteiger partial charge in [0.1, 0.15) is 11.3 Å². The van der Waals surface area contributed by atoms with Crippen molar-refractivity contribution < 1.29 is 33.4 Å². The number of aromatic nitrogens is 1. The maximum Gasteiger partial charge on any atom is 0.412 e. The van der Waals surface area contributed by atoms with Crippen molar-refractivity contribution in [3.8, 4) is 0 Å². The first-order valence-corrected chi connectivity index (χ1v) is 13.6. The van der Waals surface area contributed by atoms with Crippen molar-refractivity contribution in [1.29, 1.82) is 0 Å². The standard InChI is InChI=1S/C30H34ClN3O7/c1-15(20-9-7-16-11-18(31)14-22-24(16)25(20)26(33-22)28(37)40-6)27(36)34-21-10-8-19(12-17(21)13-23(35)39-5)32-29(38)41-30(2,3)4/h8,10-12,14-15,20,33H,7,9,13H2,1-6H3,(H,32,38)(H,34,36). The van der Waals surface area contributed by atoms with Crippen LogP contribution in [0, 0.1) is 5.92 Å². The number of hydrogen-bond donors (Lipinski definition) is 3. The van der Waals surface area contributed by atoms with Gasteiger partial charge in [0.05, 0.1) is 20.6 Å². The molecule has 1 aromatic heterocycles. The average Bonchev–Trinajstić information content (AvgIpc) is 3.28. The van der Waals surface area contributed by atoms with Gasteiger partial charge in [-0.2, -0.15) is 0 Å². The Hall–Kier alpha value is -4.05. The number of esters is 2. The van der Waals surface area contributed by atoms with Crippen LogP contribution in [0.3, 0.4) is 0 Å². The quantitative estimate of drug-likeness (QED) is 0.230. The van der Waals surface area contributed by atoms with E-state index < -0.39 is 29.6 Å². The van der Waals surface area contributed by atoms with Gasteiger partial charge in [0.15, 0.2) is 0 Å². The Morgan fingerprint density at radius 1 is 1.07 bits per heavy atom. The number of halogens is 1. The molecule has 2 amide bonds. The van der Waals surface area contributed by atoms with Crippen LogP contribution in [0.4, 0.5) is 16.2 Å². The second-order valence-electron chi connectivity index (χ2n) is 11.1. The van der Waals surface area contributed by atoms with Gasteiger partial charge in [0.25, 0.3) is 0 Å². The minimum Gasteiger partial charge on any atom is -0.469 e. The van der Waals surface area contributed by atoms with Crippen LogP contribution < -0.4 is 10.6 Å². The van der Waals surface area contributed by atoms with Gasteiger partial charge in [0, 0.05) is 33.2 Å². The third kappa shape index (κ3) is 6.65. The molecule has 0 bridgehead atoms. The van der Waals surface area contributed by atoms with Gasteiger partial charge in [-0.15, -0.1) is 0 Å². The van der Waals surface area contributed by atoms with Gasteiger partial charge in [-0.05, 0) is 86.6 Å². The van der Waals surface area contributed by atoms with Crippen molar-refractivity contribution in [2.75, 3.05) is 24.9 Å². The molecule has 0 fully saturated rings. The smallest absolute Gasteiger partial charge is 0.412 e. The number of benzene rings is 2. The Labute approximate surface area is 243 Å². The van der Waals surface area contributed by atoms with E-state index in [1.807, 2.05) is 6.07 Å². The number of aryl methyl sites for hydroxylation is 1. The van der Waals surface area contributed by atoms with Crippen molar-refractivity contribution in [2.24, 2.45) is 5.92 Å². The first kappa shape index (κ1) is 29.9. The lowest BCUT2D eigenvalue weighted by molar-refractivity contribution is -0.139. The average molecular weight is 584 g/mol. The second-order valence-corrected chi connectivity index (χ2v) is 11.5. The molecule has 1 aliphatic carbocycles. The second kappa shape index (κ2) is 11.8. The van der Waals surface area contributed by atoms with E-state index in [4.69, 9.17) is 25.8 Å². The summed E-state index contributed by atoms with van der Waals surface area (Å²) in [4.78, 5) is 53.9. The highest BCUT2D eigenvalue weighted by atomic mass is 35.5. The highest BCUT2D eigenvalue weighted by Crippen LogP contribution is 2.44. The number of aromatic amines is 1. The lowest BCUT2D eigenvalue weighted by Gasteiger charge is -2.28. The molecule has 1 heterocycles. The molecule has 0 aliphatic heterocycles. The number of nitrogens with one attached hydrogen (secondary N) is 3. The number of ether oxygens (including phenoxy) is 3. The van der Waals surface area contributed by atoms with E-state index in [0.29, 0.717) is 46.0 Å². The van der Waals surface area contributed by atoms with Crippen molar-refractivity contribution >= 4 is 57.8 Å². The summed E-state index contributed by atoms with van der Waals surface area (Å²) in [6.45, 7) is 7.06. The summed E-state index contributed by atoms with van der Waals surface area (Å²) >= 11 is 6.31. The molecule has 3 aromatic rings. The summed E-state index contributed by atoms with van der Waals surface area (Å²) in [5, 5.41) is 7.03. The van der Waals surface area contributed by atoms with Crippen molar-refractivity contribution in [1.82, 2.24) is 4.98 Å². The van der Waals surface area contributed by atoms with Crippen molar-refractivity contribution in [3.05, 3.63) is 57.7 Å². The summed E-state index contributed by atoms with van der Waals surface area (Å²) in [5.41, 5.74) is 3.32. The molecule has 2 atom stereocenters. The summed E-state index contributed by atoms with van der Waals surface area (Å²) in [7, 11) is 2.59. The fraction of sp³-hybridized carbons (Fsp3) is 0.400. The van der Waals surface area contributed by atoms with Crippen molar-refractivity contribution in [3.63, 3.8) is 0 Å². The molecule has 11 heteroatoms. The molecule has 2 unspecified atom stereocenters. The highest BCUT2D eigenvalue weighted by molar-refractivity contribution is 6.31. The molecule has 41 heavy (non-hydrogen) atoms. The Kier molecular flexibility index (Phi) is 8.63. The zero-order valence-corrected chi connectivity index (χ0v) is 24.7. The molecule has 1 aliphatic rings. The fourth-order valence-corrected chi connectivity index (χ4v) is 5.45. The Bertz CT molecular complexity index is 1520. The SMILES string of the molecule is COC(=O)Cc1cc(NC(=O)OC(C)(C)C)ccc1NC(=O)C(C)C1CCc2cc(Cl)cc3[nH]c(C(=O)OC)c1c23. The van der Waals surface area contributed by atoms with Crippen molar-refractivity contribution in [2.45, 2.75) is 58.5 Å². The van der Waals surface area contributed by atoms with E-state index in [2.05, 4.69) is 15.6 Å². The molecule has 10 nitrogen and oxygen atoms in total. The molecule has 0 radical (unpaired) electrons. The lowest BCUT2D eigenvalue weighted by Crippen LogP contribution is -2.29. The normalized spacial score (nSPS) is 15.1. The molecule has 0 spiro atoms. The van der Waals surface area contributed by atoms with Gasteiger partial charge >= 0.3 is 18.0 Å². The largest absolute Gasteiger partial charge is 0.469 e. The van der Waals surface area contributed by atoms with Crippen LogP contribution in [0.5, 0.6) is 0 Å². The molecule has 0 saturated heterocycles. The minimum atomic E-state index is -0.687. The molecule has 218 valence electrons. The number of carbonyl (C=O) groups is 4. The number of amides is 2. The number of hydrogen-bond acceptors (Lipinski definition) is 7. The van der Waals surface area contributed by atoms with E-state index >= 15 is 0 Å². The number of H-pyrrole nitrogens is 1. The molecular formula is C30H34ClN3O7. The lowest BCUT2D eigenvalue weighted by atomic mass is 9.76. The topological polar surface area (TPSA) is 136 Å². The number of carbonyl (C=O) groups excluding carboxylic acids is 4. The number of anilines is 2.